The minimum absolute atomic E-state index is 0.0603. The van der Waals surface area contributed by atoms with E-state index in [-0.39, 0.29) is 11.3 Å². The topological polar surface area (TPSA) is 62.2 Å². The first kappa shape index (κ1) is 14.6. The first-order valence-electron chi connectivity index (χ1n) is 7.92. The lowest BCUT2D eigenvalue weighted by Gasteiger charge is -2.47. The Morgan fingerprint density at radius 1 is 1.26 bits per heavy atom. The van der Waals surface area contributed by atoms with Crippen molar-refractivity contribution in [3.63, 3.8) is 0 Å². The summed E-state index contributed by atoms with van der Waals surface area (Å²) in [5.74, 6) is 0.863. The average molecular weight is 329 g/mol. The van der Waals surface area contributed by atoms with Crippen molar-refractivity contribution in [3.05, 3.63) is 34.5 Å². The number of amides is 1. The van der Waals surface area contributed by atoms with Crippen molar-refractivity contribution < 1.29 is 4.79 Å². The minimum atomic E-state index is 0.0603. The molecule has 2 aliphatic heterocycles. The van der Waals surface area contributed by atoms with Gasteiger partial charge in [0.15, 0.2) is 0 Å². The van der Waals surface area contributed by atoms with Crippen molar-refractivity contribution >= 4 is 23.2 Å². The van der Waals surface area contributed by atoms with E-state index in [1.54, 1.807) is 5.51 Å². The SMILES string of the molecule is CCc1cnc(N2CC3(CCN(C(=O)c4cscn4)C3)C2)nc1. The summed E-state index contributed by atoms with van der Waals surface area (Å²) in [5, 5.41) is 1.82. The fourth-order valence-electron chi connectivity index (χ4n) is 3.45. The van der Waals surface area contributed by atoms with Gasteiger partial charge >= 0.3 is 0 Å². The van der Waals surface area contributed by atoms with Gasteiger partial charge in [0.05, 0.1) is 5.51 Å². The highest BCUT2D eigenvalue weighted by atomic mass is 32.1. The number of anilines is 1. The van der Waals surface area contributed by atoms with Crippen molar-refractivity contribution in [1.29, 1.82) is 0 Å². The molecule has 0 atom stereocenters. The molecule has 0 aromatic carbocycles. The van der Waals surface area contributed by atoms with E-state index in [0.717, 1.165) is 50.5 Å². The van der Waals surface area contributed by atoms with Crippen LogP contribution in [0.2, 0.25) is 0 Å². The summed E-state index contributed by atoms with van der Waals surface area (Å²) in [7, 11) is 0. The van der Waals surface area contributed by atoms with E-state index in [9.17, 15) is 4.79 Å². The maximum Gasteiger partial charge on any atom is 0.273 e. The van der Waals surface area contributed by atoms with Gasteiger partial charge in [0.25, 0.3) is 5.91 Å². The first-order valence-corrected chi connectivity index (χ1v) is 8.87. The van der Waals surface area contributed by atoms with Crippen LogP contribution in [-0.4, -0.2) is 51.9 Å². The fourth-order valence-corrected chi connectivity index (χ4v) is 3.97. The molecule has 23 heavy (non-hydrogen) atoms. The zero-order valence-electron chi connectivity index (χ0n) is 13.1. The predicted octanol–water partition coefficient (Wildman–Crippen LogP) is 1.85. The highest BCUT2D eigenvalue weighted by Gasteiger charge is 2.49. The van der Waals surface area contributed by atoms with E-state index < -0.39 is 0 Å². The molecule has 120 valence electrons. The van der Waals surface area contributed by atoms with Crippen LogP contribution in [0.5, 0.6) is 0 Å². The number of hydrogen-bond donors (Lipinski definition) is 0. The van der Waals surface area contributed by atoms with Crippen LogP contribution in [-0.2, 0) is 6.42 Å². The smallest absolute Gasteiger partial charge is 0.273 e. The number of carbonyl (C=O) groups excluding carboxylic acids is 1. The third-order valence-corrected chi connectivity index (χ3v) is 5.40. The zero-order chi connectivity index (χ0) is 15.9. The lowest BCUT2D eigenvalue weighted by Crippen LogP contribution is -2.58. The summed E-state index contributed by atoms with van der Waals surface area (Å²) >= 11 is 1.46. The number of hydrogen-bond acceptors (Lipinski definition) is 6. The average Bonchev–Trinajstić information content (AvgIpc) is 3.22. The van der Waals surface area contributed by atoms with E-state index >= 15 is 0 Å². The van der Waals surface area contributed by atoms with Gasteiger partial charge < -0.3 is 9.80 Å². The number of nitrogens with zero attached hydrogens (tertiary/aromatic N) is 5. The molecule has 1 amide bonds. The van der Waals surface area contributed by atoms with Crippen molar-refractivity contribution in [2.75, 3.05) is 31.1 Å². The molecule has 0 unspecified atom stereocenters. The third-order valence-electron chi connectivity index (χ3n) is 4.81. The largest absolute Gasteiger partial charge is 0.339 e. The van der Waals surface area contributed by atoms with E-state index in [1.165, 1.54) is 11.3 Å². The molecule has 2 fully saturated rings. The molecule has 1 spiro atoms. The van der Waals surface area contributed by atoms with Crippen LogP contribution in [0.3, 0.4) is 0 Å². The number of likely N-dealkylation sites (tertiary alicyclic amines) is 1. The number of aryl methyl sites for hydroxylation is 1. The summed E-state index contributed by atoms with van der Waals surface area (Å²) < 4.78 is 0. The highest BCUT2D eigenvalue weighted by molar-refractivity contribution is 7.07. The van der Waals surface area contributed by atoms with Crippen LogP contribution in [0, 0.1) is 5.41 Å². The van der Waals surface area contributed by atoms with Crippen molar-refractivity contribution in [3.8, 4) is 0 Å². The first-order chi connectivity index (χ1) is 11.2. The normalized spacial score (nSPS) is 19.2. The van der Waals surface area contributed by atoms with E-state index in [4.69, 9.17) is 0 Å². The summed E-state index contributed by atoms with van der Waals surface area (Å²) in [5.41, 5.74) is 3.64. The van der Waals surface area contributed by atoms with Crippen molar-refractivity contribution in [2.45, 2.75) is 19.8 Å². The van der Waals surface area contributed by atoms with Gasteiger partial charge in [0, 0.05) is 49.4 Å². The van der Waals surface area contributed by atoms with Gasteiger partial charge in [-0.3, -0.25) is 4.79 Å². The van der Waals surface area contributed by atoms with Gasteiger partial charge in [-0.2, -0.15) is 0 Å². The highest BCUT2D eigenvalue weighted by Crippen LogP contribution is 2.41. The van der Waals surface area contributed by atoms with Crippen LogP contribution < -0.4 is 4.90 Å². The van der Waals surface area contributed by atoms with Gasteiger partial charge in [-0.15, -0.1) is 11.3 Å². The molecule has 0 radical (unpaired) electrons. The van der Waals surface area contributed by atoms with E-state index in [2.05, 4.69) is 26.8 Å². The van der Waals surface area contributed by atoms with E-state index in [1.807, 2.05) is 22.7 Å². The molecule has 2 aromatic rings. The fraction of sp³-hybridized carbons (Fsp3) is 0.500. The van der Waals surface area contributed by atoms with Crippen LogP contribution in [0.1, 0.15) is 29.4 Å². The monoisotopic (exact) mass is 329 g/mol. The lowest BCUT2D eigenvalue weighted by atomic mass is 9.79. The molecule has 0 aliphatic carbocycles. The maximum atomic E-state index is 12.4. The Kier molecular flexibility index (Phi) is 3.52. The second kappa shape index (κ2) is 5.56. The van der Waals surface area contributed by atoms with Gasteiger partial charge in [0.2, 0.25) is 5.95 Å². The summed E-state index contributed by atoms with van der Waals surface area (Å²) in [4.78, 5) is 29.6. The molecule has 4 heterocycles. The quantitative estimate of drug-likeness (QED) is 0.860. The summed E-state index contributed by atoms with van der Waals surface area (Å²) in [6.07, 6.45) is 5.81. The Labute approximate surface area is 139 Å². The molecule has 4 rings (SSSR count). The molecular formula is C16H19N5OS. The van der Waals surface area contributed by atoms with Gasteiger partial charge in [-0.25, -0.2) is 15.0 Å². The van der Waals surface area contributed by atoms with Crippen LogP contribution >= 0.6 is 11.3 Å². The van der Waals surface area contributed by atoms with Gasteiger partial charge in [-0.05, 0) is 18.4 Å². The van der Waals surface area contributed by atoms with Crippen LogP contribution in [0.4, 0.5) is 5.95 Å². The molecule has 0 saturated carbocycles. The summed E-state index contributed by atoms with van der Waals surface area (Å²) in [6.45, 7) is 5.59. The zero-order valence-corrected chi connectivity index (χ0v) is 13.9. The molecule has 2 saturated heterocycles. The van der Waals surface area contributed by atoms with Gasteiger partial charge in [-0.1, -0.05) is 6.92 Å². The third kappa shape index (κ3) is 2.59. The predicted molar refractivity (Wildman–Crippen MR) is 88.7 cm³/mol. The molecular weight excluding hydrogens is 310 g/mol. The Bertz CT molecular complexity index is 694. The Morgan fingerprint density at radius 3 is 2.70 bits per heavy atom. The molecule has 6 nitrogen and oxygen atoms in total. The minimum Gasteiger partial charge on any atom is -0.339 e. The Morgan fingerprint density at radius 2 is 2.04 bits per heavy atom. The lowest BCUT2D eigenvalue weighted by molar-refractivity contribution is 0.0757. The molecule has 0 bridgehead atoms. The second-order valence-corrected chi connectivity index (χ2v) is 7.17. The molecule has 7 heteroatoms. The van der Waals surface area contributed by atoms with Crippen LogP contribution in [0.15, 0.2) is 23.3 Å². The van der Waals surface area contributed by atoms with Crippen molar-refractivity contribution in [1.82, 2.24) is 19.9 Å². The number of carbonyl (C=O) groups is 1. The van der Waals surface area contributed by atoms with Gasteiger partial charge in [0.1, 0.15) is 5.69 Å². The number of rotatable bonds is 3. The van der Waals surface area contributed by atoms with Crippen molar-refractivity contribution in [2.24, 2.45) is 5.41 Å². The second-order valence-electron chi connectivity index (χ2n) is 6.45. The molecule has 2 aromatic heterocycles. The molecule has 2 aliphatic rings. The number of aromatic nitrogens is 3. The van der Waals surface area contributed by atoms with E-state index in [0.29, 0.717) is 5.69 Å². The maximum absolute atomic E-state index is 12.4. The number of thiazole rings is 1. The Hall–Kier alpha value is -2.02. The summed E-state index contributed by atoms with van der Waals surface area (Å²) in [6, 6.07) is 0. The van der Waals surface area contributed by atoms with Crippen LogP contribution in [0.25, 0.3) is 0 Å². The molecule has 0 N–H and O–H groups in total. The standard InChI is InChI=1S/C16H19N5OS/c1-2-12-5-17-15(18-6-12)21-9-16(10-21)3-4-20(8-16)14(22)13-7-23-11-19-13/h5-7,11H,2-4,8-10H2,1H3. The Balaban J connectivity index is 1.38.